The highest BCUT2D eigenvalue weighted by Gasteiger charge is 2.30. The SMILES string of the molecule is NC(=O)/C=C/c1ccc2cc(C(F)(F)F)ccc2n1. The van der Waals surface area contributed by atoms with Gasteiger partial charge < -0.3 is 5.73 Å². The molecule has 2 N–H and O–H groups in total. The van der Waals surface area contributed by atoms with E-state index in [9.17, 15) is 18.0 Å². The first-order chi connectivity index (χ1) is 8.86. The lowest BCUT2D eigenvalue weighted by Gasteiger charge is -2.07. The van der Waals surface area contributed by atoms with E-state index >= 15 is 0 Å². The van der Waals surface area contributed by atoms with E-state index in [-0.39, 0.29) is 0 Å². The average Bonchev–Trinajstić information content (AvgIpc) is 2.34. The van der Waals surface area contributed by atoms with Gasteiger partial charge >= 0.3 is 6.18 Å². The largest absolute Gasteiger partial charge is 0.416 e. The molecule has 0 fully saturated rings. The fourth-order valence-electron chi connectivity index (χ4n) is 1.58. The van der Waals surface area contributed by atoms with Crippen molar-refractivity contribution >= 4 is 22.9 Å². The van der Waals surface area contributed by atoms with Gasteiger partial charge in [0.05, 0.1) is 16.8 Å². The molecule has 19 heavy (non-hydrogen) atoms. The molecule has 0 aliphatic rings. The molecule has 1 amide bonds. The second-order valence-electron chi connectivity index (χ2n) is 3.88. The normalized spacial score (nSPS) is 12.2. The standard InChI is InChI=1S/C13H9F3N2O/c14-13(15,16)9-2-5-11-8(7-9)1-3-10(18-11)4-6-12(17)19/h1-7H,(H2,17,19)/b6-4+. The molecule has 6 heteroatoms. The summed E-state index contributed by atoms with van der Waals surface area (Å²) >= 11 is 0. The van der Waals surface area contributed by atoms with Crippen molar-refractivity contribution in [3.8, 4) is 0 Å². The van der Waals surface area contributed by atoms with Crippen LogP contribution in [0.4, 0.5) is 13.2 Å². The van der Waals surface area contributed by atoms with Crippen LogP contribution < -0.4 is 5.73 Å². The van der Waals surface area contributed by atoms with Gasteiger partial charge in [-0.15, -0.1) is 0 Å². The lowest BCUT2D eigenvalue weighted by Crippen LogP contribution is -2.05. The smallest absolute Gasteiger partial charge is 0.366 e. The molecular formula is C13H9F3N2O. The van der Waals surface area contributed by atoms with Crippen LogP contribution in [0, 0.1) is 0 Å². The molecule has 1 aromatic heterocycles. The van der Waals surface area contributed by atoms with Crippen molar-refractivity contribution in [2.45, 2.75) is 6.18 Å². The Hall–Kier alpha value is -2.37. The Morgan fingerprint density at radius 2 is 1.95 bits per heavy atom. The third-order valence-electron chi connectivity index (χ3n) is 2.46. The summed E-state index contributed by atoms with van der Waals surface area (Å²) < 4.78 is 37.6. The number of aromatic nitrogens is 1. The molecule has 0 radical (unpaired) electrons. The van der Waals surface area contributed by atoms with Crippen molar-refractivity contribution in [2.24, 2.45) is 5.73 Å². The van der Waals surface area contributed by atoms with E-state index in [4.69, 9.17) is 5.73 Å². The Morgan fingerprint density at radius 1 is 1.21 bits per heavy atom. The van der Waals surface area contributed by atoms with Gasteiger partial charge in [0.25, 0.3) is 0 Å². The number of pyridine rings is 1. The van der Waals surface area contributed by atoms with E-state index < -0.39 is 17.6 Å². The predicted octanol–water partition coefficient (Wildman–Crippen LogP) is 2.75. The molecule has 0 aliphatic heterocycles. The molecule has 2 rings (SSSR count). The number of fused-ring (bicyclic) bond motifs is 1. The Bertz CT molecular complexity index is 662. The number of nitrogens with zero attached hydrogens (tertiary/aromatic N) is 1. The summed E-state index contributed by atoms with van der Waals surface area (Å²) in [6.07, 6.45) is -1.84. The molecule has 0 spiro atoms. The number of benzene rings is 1. The Morgan fingerprint density at radius 3 is 2.58 bits per heavy atom. The molecule has 0 saturated heterocycles. The van der Waals surface area contributed by atoms with Gasteiger partial charge in [-0.1, -0.05) is 6.07 Å². The second kappa shape index (κ2) is 4.72. The lowest BCUT2D eigenvalue weighted by atomic mass is 10.1. The van der Waals surface area contributed by atoms with Crippen molar-refractivity contribution in [1.29, 1.82) is 0 Å². The summed E-state index contributed by atoms with van der Waals surface area (Å²) in [5, 5.41) is 0.381. The minimum atomic E-state index is -4.38. The van der Waals surface area contributed by atoms with E-state index in [1.165, 1.54) is 24.3 Å². The highest BCUT2D eigenvalue weighted by atomic mass is 19.4. The topological polar surface area (TPSA) is 56.0 Å². The summed E-state index contributed by atoms with van der Waals surface area (Å²) in [7, 11) is 0. The maximum absolute atomic E-state index is 12.5. The minimum absolute atomic E-state index is 0.381. The monoisotopic (exact) mass is 266 g/mol. The molecule has 2 aromatic rings. The van der Waals surface area contributed by atoms with Crippen LogP contribution >= 0.6 is 0 Å². The molecule has 1 aromatic carbocycles. The van der Waals surface area contributed by atoms with Crippen LogP contribution in [0.15, 0.2) is 36.4 Å². The van der Waals surface area contributed by atoms with E-state index in [0.29, 0.717) is 16.6 Å². The first kappa shape index (κ1) is 13.1. The number of hydrogen-bond donors (Lipinski definition) is 1. The number of halogens is 3. The summed E-state index contributed by atoms with van der Waals surface area (Å²) in [5.74, 6) is -0.616. The number of hydrogen-bond acceptors (Lipinski definition) is 2. The molecule has 0 saturated carbocycles. The first-order valence-electron chi connectivity index (χ1n) is 5.32. The van der Waals surface area contributed by atoms with Crippen molar-refractivity contribution in [2.75, 3.05) is 0 Å². The highest BCUT2D eigenvalue weighted by Crippen LogP contribution is 2.31. The number of alkyl halides is 3. The number of amides is 1. The van der Waals surface area contributed by atoms with Crippen LogP contribution in [0.2, 0.25) is 0 Å². The van der Waals surface area contributed by atoms with E-state index in [1.807, 2.05) is 0 Å². The van der Waals surface area contributed by atoms with Crippen LogP contribution in [0.25, 0.3) is 17.0 Å². The molecule has 0 atom stereocenters. The molecule has 1 heterocycles. The number of nitrogens with two attached hydrogens (primary N) is 1. The quantitative estimate of drug-likeness (QED) is 0.850. The maximum Gasteiger partial charge on any atom is 0.416 e. The number of rotatable bonds is 2. The number of primary amides is 1. The van der Waals surface area contributed by atoms with Crippen molar-refractivity contribution in [3.63, 3.8) is 0 Å². The van der Waals surface area contributed by atoms with Gasteiger partial charge in [0.15, 0.2) is 0 Å². The van der Waals surface area contributed by atoms with Gasteiger partial charge in [-0.25, -0.2) is 4.98 Å². The van der Waals surface area contributed by atoms with Crippen molar-refractivity contribution in [3.05, 3.63) is 47.7 Å². The molecule has 0 bridgehead atoms. The van der Waals surface area contributed by atoms with Crippen LogP contribution in [0.1, 0.15) is 11.3 Å². The van der Waals surface area contributed by atoms with Crippen molar-refractivity contribution < 1.29 is 18.0 Å². The van der Waals surface area contributed by atoms with Crippen molar-refractivity contribution in [1.82, 2.24) is 4.98 Å². The van der Waals surface area contributed by atoms with Gasteiger partial charge in [-0.3, -0.25) is 4.79 Å². The zero-order valence-corrected chi connectivity index (χ0v) is 9.61. The van der Waals surface area contributed by atoms with Gasteiger partial charge in [0, 0.05) is 11.5 Å². The summed E-state index contributed by atoms with van der Waals surface area (Å²) in [6.45, 7) is 0. The fraction of sp³-hybridized carbons (Fsp3) is 0.0769. The highest BCUT2D eigenvalue weighted by molar-refractivity contribution is 5.90. The second-order valence-corrected chi connectivity index (χ2v) is 3.88. The number of carbonyl (C=O) groups is 1. The van der Waals surface area contributed by atoms with E-state index in [0.717, 1.165) is 18.2 Å². The third-order valence-corrected chi connectivity index (χ3v) is 2.46. The van der Waals surface area contributed by atoms with Crippen LogP contribution in [0.3, 0.4) is 0 Å². The van der Waals surface area contributed by atoms with Crippen LogP contribution in [0.5, 0.6) is 0 Å². The average molecular weight is 266 g/mol. The third kappa shape index (κ3) is 3.09. The Balaban J connectivity index is 2.43. The van der Waals surface area contributed by atoms with Gasteiger partial charge in [-0.05, 0) is 30.3 Å². The summed E-state index contributed by atoms with van der Waals surface area (Å²) in [5.41, 5.74) is 5.09. The van der Waals surface area contributed by atoms with Crippen LogP contribution in [-0.2, 0) is 11.0 Å². The van der Waals surface area contributed by atoms with Crippen LogP contribution in [-0.4, -0.2) is 10.9 Å². The summed E-state index contributed by atoms with van der Waals surface area (Å²) in [6, 6.07) is 6.32. The molecule has 98 valence electrons. The zero-order chi connectivity index (χ0) is 14.0. The molecule has 0 unspecified atom stereocenters. The predicted molar refractivity (Wildman–Crippen MR) is 65.0 cm³/mol. The zero-order valence-electron chi connectivity index (χ0n) is 9.61. The number of carbonyl (C=O) groups excluding carboxylic acids is 1. The molecule has 3 nitrogen and oxygen atoms in total. The fourth-order valence-corrected chi connectivity index (χ4v) is 1.58. The van der Waals surface area contributed by atoms with Gasteiger partial charge in [0.2, 0.25) is 5.91 Å². The maximum atomic E-state index is 12.5. The van der Waals surface area contributed by atoms with E-state index in [2.05, 4.69) is 4.98 Å². The minimum Gasteiger partial charge on any atom is -0.366 e. The Labute approximate surface area is 106 Å². The van der Waals surface area contributed by atoms with Gasteiger partial charge in [0.1, 0.15) is 0 Å². The Kier molecular flexibility index (Phi) is 3.25. The molecule has 0 aliphatic carbocycles. The first-order valence-corrected chi connectivity index (χ1v) is 5.32. The lowest BCUT2D eigenvalue weighted by molar-refractivity contribution is -0.137. The van der Waals surface area contributed by atoms with Gasteiger partial charge in [-0.2, -0.15) is 13.2 Å². The molecular weight excluding hydrogens is 257 g/mol. The van der Waals surface area contributed by atoms with E-state index in [1.54, 1.807) is 0 Å². The summed E-state index contributed by atoms with van der Waals surface area (Å²) in [4.78, 5) is 14.7.